The van der Waals surface area contributed by atoms with Crippen LogP contribution in [0.4, 0.5) is 0 Å². The van der Waals surface area contributed by atoms with Crippen molar-refractivity contribution in [2.75, 3.05) is 12.3 Å². The van der Waals surface area contributed by atoms with Gasteiger partial charge in [0.05, 0.1) is 5.60 Å². The van der Waals surface area contributed by atoms with Gasteiger partial charge in [0.1, 0.15) is 0 Å². The summed E-state index contributed by atoms with van der Waals surface area (Å²) in [6.07, 6.45) is 6.64. The van der Waals surface area contributed by atoms with E-state index >= 15 is 0 Å². The molecule has 0 saturated heterocycles. The Kier molecular flexibility index (Phi) is 7.59. The highest BCUT2D eigenvalue weighted by Crippen LogP contribution is 2.52. The van der Waals surface area contributed by atoms with Crippen molar-refractivity contribution < 1.29 is 9.09 Å². The number of hydrogen-bond donors (Lipinski definition) is 0. The Morgan fingerprint density at radius 1 is 1.00 bits per heavy atom. The van der Waals surface area contributed by atoms with Crippen molar-refractivity contribution in [2.45, 2.75) is 72.3 Å². The zero-order valence-electron chi connectivity index (χ0n) is 11.7. The van der Waals surface area contributed by atoms with Gasteiger partial charge in [-0.05, 0) is 19.3 Å². The molecule has 0 fully saturated rings. The lowest BCUT2D eigenvalue weighted by atomic mass is 9.91. The molecule has 0 aromatic heterocycles. The van der Waals surface area contributed by atoms with Crippen molar-refractivity contribution >= 4 is 7.37 Å². The molecular formula is C13H29O2P. The molecular weight excluding hydrogens is 219 g/mol. The van der Waals surface area contributed by atoms with Gasteiger partial charge in [-0.3, -0.25) is 4.57 Å². The van der Waals surface area contributed by atoms with E-state index in [0.29, 0.717) is 12.3 Å². The topological polar surface area (TPSA) is 26.3 Å². The predicted molar refractivity (Wildman–Crippen MR) is 72.6 cm³/mol. The summed E-state index contributed by atoms with van der Waals surface area (Å²) in [6.45, 7) is 10.4. The van der Waals surface area contributed by atoms with Crippen LogP contribution in [0.2, 0.25) is 0 Å². The van der Waals surface area contributed by atoms with Crippen molar-refractivity contribution in [3.63, 3.8) is 0 Å². The van der Waals surface area contributed by atoms with Gasteiger partial charge in [0.2, 0.25) is 7.37 Å². The van der Waals surface area contributed by atoms with Gasteiger partial charge in [-0.2, -0.15) is 0 Å². The van der Waals surface area contributed by atoms with Crippen LogP contribution in [0.1, 0.15) is 66.7 Å². The second-order valence-electron chi connectivity index (χ2n) is 4.53. The maximum Gasteiger partial charge on any atom is 0.203 e. The molecule has 2 nitrogen and oxygen atoms in total. The molecule has 3 heteroatoms. The maximum absolute atomic E-state index is 12.4. The van der Waals surface area contributed by atoms with Crippen molar-refractivity contribution in [3.8, 4) is 0 Å². The highest BCUT2D eigenvalue weighted by molar-refractivity contribution is 7.58. The molecule has 0 unspecified atom stereocenters. The lowest BCUT2D eigenvalue weighted by molar-refractivity contribution is 0.0522. The summed E-state index contributed by atoms with van der Waals surface area (Å²) in [4.78, 5) is 0. The van der Waals surface area contributed by atoms with E-state index in [0.717, 1.165) is 25.7 Å². The summed E-state index contributed by atoms with van der Waals surface area (Å²) in [5, 5.41) is 0. The molecule has 0 heterocycles. The Labute approximate surface area is 102 Å². The van der Waals surface area contributed by atoms with Crippen LogP contribution in [-0.2, 0) is 9.09 Å². The minimum atomic E-state index is -2.38. The first-order valence-electron chi connectivity index (χ1n) is 6.80. The average Bonchev–Trinajstić information content (AvgIpc) is 2.34. The van der Waals surface area contributed by atoms with Crippen LogP contribution in [0, 0.1) is 0 Å². The molecule has 0 aromatic rings. The Hall–Kier alpha value is 0.190. The minimum absolute atomic E-state index is 0.141. The lowest BCUT2D eigenvalue weighted by Crippen LogP contribution is -2.30. The molecule has 98 valence electrons. The first-order valence-corrected chi connectivity index (χ1v) is 8.79. The fraction of sp³-hybridized carbons (Fsp3) is 1.00. The molecule has 0 aliphatic rings. The van der Waals surface area contributed by atoms with E-state index in [4.69, 9.17) is 4.52 Å². The van der Waals surface area contributed by atoms with Crippen LogP contribution in [-0.4, -0.2) is 17.9 Å². The zero-order chi connectivity index (χ0) is 12.7. The van der Waals surface area contributed by atoms with Gasteiger partial charge in [-0.25, -0.2) is 0 Å². The van der Waals surface area contributed by atoms with Gasteiger partial charge in [0.15, 0.2) is 0 Å². The molecule has 0 spiro atoms. The standard InChI is InChI=1S/C13H29O2P/c1-6-11-12-13(7-2,8-3)15-16(14,9-4)10-5/h6-12H2,1-5H3. The molecule has 0 bridgehead atoms. The van der Waals surface area contributed by atoms with E-state index in [1.54, 1.807) is 0 Å². The Morgan fingerprint density at radius 2 is 1.50 bits per heavy atom. The lowest BCUT2D eigenvalue weighted by Gasteiger charge is -2.35. The SMILES string of the molecule is CCCCC(CC)(CC)OP(=O)(CC)CC. The van der Waals surface area contributed by atoms with Crippen LogP contribution in [0.3, 0.4) is 0 Å². The van der Waals surface area contributed by atoms with Gasteiger partial charge < -0.3 is 4.52 Å². The van der Waals surface area contributed by atoms with E-state index < -0.39 is 7.37 Å². The van der Waals surface area contributed by atoms with Crippen LogP contribution < -0.4 is 0 Å². The molecule has 0 N–H and O–H groups in total. The molecule has 0 aromatic carbocycles. The largest absolute Gasteiger partial charge is 0.322 e. The highest BCUT2D eigenvalue weighted by atomic mass is 31.2. The molecule has 0 amide bonds. The smallest absolute Gasteiger partial charge is 0.203 e. The van der Waals surface area contributed by atoms with E-state index in [1.807, 2.05) is 13.8 Å². The van der Waals surface area contributed by atoms with Gasteiger partial charge in [0.25, 0.3) is 0 Å². The predicted octanol–water partition coefficient (Wildman–Crippen LogP) is 5.07. The van der Waals surface area contributed by atoms with Crippen molar-refractivity contribution in [1.82, 2.24) is 0 Å². The monoisotopic (exact) mass is 248 g/mol. The molecule has 0 aliphatic carbocycles. The number of unbranched alkanes of at least 4 members (excludes halogenated alkanes) is 1. The molecule has 0 atom stereocenters. The second-order valence-corrected chi connectivity index (χ2v) is 7.61. The number of hydrogen-bond acceptors (Lipinski definition) is 2. The summed E-state index contributed by atoms with van der Waals surface area (Å²) >= 11 is 0. The van der Waals surface area contributed by atoms with Crippen LogP contribution in [0.25, 0.3) is 0 Å². The summed E-state index contributed by atoms with van der Waals surface area (Å²) in [6, 6.07) is 0. The van der Waals surface area contributed by atoms with Crippen molar-refractivity contribution in [2.24, 2.45) is 0 Å². The van der Waals surface area contributed by atoms with E-state index in [-0.39, 0.29) is 5.60 Å². The third-order valence-electron chi connectivity index (χ3n) is 3.60. The van der Waals surface area contributed by atoms with Crippen LogP contribution in [0.5, 0.6) is 0 Å². The first kappa shape index (κ1) is 16.2. The third kappa shape index (κ3) is 4.59. The number of rotatable bonds is 9. The molecule has 0 rings (SSSR count). The van der Waals surface area contributed by atoms with Gasteiger partial charge >= 0.3 is 0 Å². The Bertz CT molecular complexity index is 214. The van der Waals surface area contributed by atoms with Crippen molar-refractivity contribution in [3.05, 3.63) is 0 Å². The minimum Gasteiger partial charge on any atom is -0.322 e. The summed E-state index contributed by atoms with van der Waals surface area (Å²) in [5.74, 6) is 0. The second kappa shape index (κ2) is 7.50. The van der Waals surface area contributed by atoms with E-state index in [2.05, 4.69) is 20.8 Å². The van der Waals surface area contributed by atoms with Crippen molar-refractivity contribution in [1.29, 1.82) is 0 Å². The molecule has 16 heavy (non-hydrogen) atoms. The molecule has 0 aliphatic heterocycles. The summed E-state index contributed by atoms with van der Waals surface area (Å²) < 4.78 is 18.5. The summed E-state index contributed by atoms with van der Waals surface area (Å²) in [7, 11) is -2.38. The first-order chi connectivity index (χ1) is 7.51. The maximum atomic E-state index is 12.4. The van der Waals surface area contributed by atoms with Gasteiger partial charge in [0, 0.05) is 12.3 Å². The quantitative estimate of drug-likeness (QED) is 0.532. The normalized spacial score (nSPS) is 13.1. The van der Waals surface area contributed by atoms with E-state index in [9.17, 15) is 4.57 Å². The van der Waals surface area contributed by atoms with Gasteiger partial charge in [-0.15, -0.1) is 0 Å². The van der Waals surface area contributed by atoms with Gasteiger partial charge in [-0.1, -0.05) is 47.5 Å². The summed E-state index contributed by atoms with van der Waals surface area (Å²) in [5.41, 5.74) is -0.141. The third-order valence-corrected chi connectivity index (χ3v) is 6.25. The van der Waals surface area contributed by atoms with Crippen LogP contribution in [0.15, 0.2) is 0 Å². The Balaban J connectivity index is 4.70. The van der Waals surface area contributed by atoms with E-state index in [1.165, 1.54) is 6.42 Å². The zero-order valence-corrected chi connectivity index (χ0v) is 12.6. The average molecular weight is 248 g/mol. The molecule has 0 saturated carbocycles. The molecule has 0 radical (unpaired) electrons. The van der Waals surface area contributed by atoms with Crippen LogP contribution >= 0.6 is 7.37 Å². The fourth-order valence-corrected chi connectivity index (χ4v) is 3.74. The fourth-order valence-electron chi connectivity index (χ4n) is 1.98. The Morgan fingerprint density at radius 3 is 1.81 bits per heavy atom. The highest BCUT2D eigenvalue weighted by Gasteiger charge is 2.33.